The number of aromatic nitrogens is 2. The second kappa shape index (κ2) is 6.83. The minimum Gasteiger partial charge on any atom is -0.497 e. The quantitative estimate of drug-likeness (QED) is 0.674. The van der Waals surface area contributed by atoms with E-state index in [4.69, 9.17) is 4.74 Å². The van der Waals surface area contributed by atoms with E-state index in [0.29, 0.717) is 10.6 Å². The van der Waals surface area contributed by atoms with Gasteiger partial charge in [-0.1, -0.05) is 13.3 Å². The molecule has 0 spiro atoms. The first kappa shape index (κ1) is 15.6. The van der Waals surface area contributed by atoms with Crippen LogP contribution in [-0.2, 0) is 0 Å². The fourth-order valence-electron chi connectivity index (χ4n) is 2.30. The van der Waals surface area contributed by atoms with Crippen molar-refractivity contribution in [2.24, 2.45) is 0 Å². The summed E-state index contributed by atoms with van der Waals surface area (Å²) in [7, 11) is 1.64. The Hall–Kier alpha value is -2.34. The van der Waals surface area contributed by atoms with E-state index in [-0.39, 0.29) is 5.56 Å². The first-order valence-electron chi connectivity index (χ1n) is 7.63. The molecule has 0 aliphatic carbocycles. The SMILES string of the molecule is CCCCNc1nc2cc(-c3ccc(OC)cc3)sc2c(=O)[nH]1. The van der Waals surface area contributed by atoms with Crippen molar-refractivity contribution < 1.29 is 4.74 Å². The van der Waals surface area contributed by atoms with E-state index < -0.39 is 0 Å². The Bertz CT molecular complexity index is 852. The summed E-state index contributed by atoms with van der Waals surface area (Å²) in [5, 5.41) is 3.16. The number of anilines is 1. The summed E-state index contributed by atoms with van der Waals surface area (Å²) < 4.78 is 5.82. The van der Waals surface area contributed by atoms with Crippen LogP contribution in [0.1, 0.15) is 19.8 Å². The molecular formula is C17H19N3O2S. The summed E-state index contributed by atoms with van der Waals surface area (Å²) in [5.74, 6) is 1.35. The molecule has 0 radical (unpaired) electrons. The lowest BCUT2D eigenvalue weighted by Gasteiger charge is -2.03. The van der Waals surface area contributed by atoms with Gasteiger partial charge in [0.1, 0.15) is 10.4 Å². The van der Waals surface area contributed by atoms with E-state index in [2.05, 4.69) is 22.2 Å². The van der Waals surface area contributed by atoms with Crippen LogP contribution >= 0.6 is 11.3 Å². The molecule has 3 aromatic rings. The molecule has 5 nitrogen and oxygen atoms in total. The number of benzene rings is 1. The normalized spacial score (nSPS) is 10.9. The van der Waals surface area contributed by atoms with Gasteiger partial charge in [0.25, 0.3) is 5.56 Å². The van der Waals surface area contributed by atoms with Crippen molar-refractivity contribution in [3.8, 4) is 16.2 Å². The molecule has 0 aliphatic heterocycles. The second-order valence-electron chi connectivity index (χ2n) is 5.25. The van der Waals surface area contributed by atoms with Gasteiger partial charge in [0.2, 0.25) is 5.95 Å². The number of nitrogens with zero attached hydrogens (tertiary/aromatic N) is 1. The molecule has 3 rings (SSSR count). The van der Waals surface area contributed by atoms with Crippen LogP contribution in [0.2, 0.25) is 0 Å². The number of thiophene rings is 1. The van der Waals surface area contributed by atoms with Crippen molar-refractivity contribution in [2.75, 3.05) is 19.0 Å². The van der Waals surface area contributed by atoms with Gasteiger partial charge >= 0.3 is 0 Å². The molecule has 0 unspecified atom stereocenters. The van der Waals surface area contributed by atoms with Crippen LogP contribution in [0.25, 0.3) is 20.7 Å². The minimum absolute atomic E-state index is 0.0984. The van der Waals surface area contributed by atoms with Gasteiger partial charge in [-0.25, -0.2) is 4.98 Å². The van der Waals surface area contributed by atoms with Gasteiger partial charge in [-0.15, -0.1) is 11.3 Å². The van der Waals surface area contributed by atoms with Crippen molar-refractivity contribution >= 4 is 27.5 Å². The Kier molecular flexibility index (Phi) is 4.62. The second-order valence-corrected chi connectivity index (χ2v) is 6.30. The third kappa shape index (κ3) is 3.37. The number of methoxy groups -OCH3 is 1. The highest BCUT2D eigenvalue weighted by molar-refractivity contribution is 7.22. The summed E-state index contributed by atoms with van der Waals surface area (Å²) in [4.78, 5) is 20.6. The highest BCUT2D eigenvalue weighted by Crippen LogP contribution is 2.32. The lowest BCUT2D eigenvalue weighted by atomic mass is 10.2. The first-order valence-corrected chi connectivity index (χ1v) is 8.45. The molecule has 23 heavy (non-hydrogen) atoms. The Morgan fingerprint density at radius 2 is 2.09 bits per heavy atom. The monoisotopic (exact) mass is 329 g/mol. The zero-order valence-corrected chi connectivity index (χ0v) is 14.0. The average Bonchev–Trinajstić information content (AvgIpc) is 3.00. The Labute approximate surface area is 138 Å². The summed E-state index contributed by atoms with van der Waals surface area (Å²) in [6.07, 6.45) is 2.14. The van der Waals surface area contributed by atoms with Crippen LogP contribution < -0.4 is 15.6 Å². The van der Waals surface area contributed by atoms with E-state index in [1.165, 1.54) is 11.3 Å². The Balaban J connectivity index is 1.94. The number of hydrogen-bond donors (Lipinski definition) is 2. The third-order valence-corrected chi connectivity index (χ3v) is 4.75. The molecule has 120 valence electrons. The fraction of sp³-hybridized carbons (Fsp3) is 0.294. The van der Waals surface area contributed by atoms with Gasteiger partial charge in [0.15, 0.2) is 0 Å². The van der Waals surface area contributed by atoms with Crippen molar-refractivity contribution in [3.63, 3.8) is 0 Å². The molecule has 0 atom stereocenters. The summed E-state index contributed by atoms with van der Waals surface area (Å²) >= 11 is 1.45. The Morgan fingerprint density at radius 1 is 1.30 bits per heavy atom. The van der Waals surface area contributed by atoms with Crippen LogP contribution in [0.3, 0.4) is 0 Å². The van der Waals surface area contributed by atoms with Crippen molar-refractivity contribution in [2.45, 2.75) is 19.8 Å². The molecular weight excluding hydrogens is 310 g/mol. The zero-order valence-electron chi connectivity index (χ0n) is 13.2. The molecule has 1 aromatic carbocycles. The van der Waals surface area contributed by atoms with E-state index in [9.17, 15) is 4.79 Å². The van der Waals surface area contributed by atoms with Crippen LogP contribution in [0, 0.1) is 0 Å². The number of unbranched alkanes of at least 4 members (excludes halogenated alkanes) is 1. The van der Waals surface area contributed by atoms with Gasteiger partial charge < -0.3 is 10.1 Å². The maximum atomic E-state index is 12.2. The summed E-state index contributed by atoms with van der Waals surface area (Å²) in [5.41, 5.74) is 1.68. The van der Waals surface area contributed by atoms with E-state index in [1.807, 2.05) is 30.3 Å². The first-order chi connectivity index (χ1) is 11.2. The number of hydrogen-bond acceptors (Lipinski definition) is 5. The Morgan fingerprint density at radius 3 is 2.78 bits per heavy atom. The van der Waals surface area contributed by atoms with Crippen LogP contribution in [0.4, 0.5) is 5.95 Å². The predicted octanol–water partition coefficient (Wildman–Crippen LogP) is 3.87. The van der Waals surface area contributed by atoms with Gasteiger partial charge in [-0.2, -0.15) is 0 Å². The predicted molar refractivity (Wildman–Crippen MR) is 95.6 cm³/mol. The molecule has 6 heteroatoms. The highest BCUT2D eigenvalue weighted by atomic mass is 32.1. The summed E-state index contributed by atoms with van der Waals surface area (Å²) in [6.45, 7) is 2.93. The number of H-pyrrole nitrogens is 1. The van der Waals surface area contributed by atoms with E-state index in [1.54, 1.807) is 7.11 Å². The minimum atomic E-state index is -0.0984. The number of aromatic amines is 1. The van der Waals surface area contributed by atoms with Gasteiger partial charge in [0, 0.05) is 11.4 Å². The van der Waals surface area contributed by atoms with E-state index >= 15 is 0 Å². The number of rotatable bonds is 6. The number of ether oxygens (including phenoxy) is 1. The molecule has 0 amide bonds. The molecule has 0 bridgehead atoms. The molecule has 2 aromatic heterocycles. The molecule has 0 fully saturated rings. The lowest BCUT2D eigenvalue weighted by Crippen LogP contribution is -2.12. The molecule has 0 saturated carbocycles. The van der Waals surface area contributed by atoms with Crippen LogP contribution in [0.5, 0.6) is 5.75 Å². The van der Waals surface area contributed by atoms with Gasteiger partial charge in [-0.05, 0) is 42.3 Å². The smallest absolute Gasteiger partial charge is 0.270 e. The van der Waals surface area contributed by atoms with Crippen molar-refractivity contribution in [3.05, 3.63) is 40.7 Å². The maximum absolute atomic E-state index is 12.2. The third-order valence-electron chi connectivity index (χ3n) is 3.58. The molecule has 0 aliphatic rings. The number of fused-ring (bicyclic) bond motifs is 1. The topological polar surface area (TPSA) is 67.0 Å². The van der Waals surface area contributed by atoms with Crippen LogP contribution in [0.15, 0.2) is 35.1 Å². The van der Waals surface area contributed by atoms with Gasteiger partial charge in [0.05, 0.1) is 12.6 Å². The average molecular weight is 329 g/mol. The van der Waals surface area contributed by atoms with Crippen LogP contribution in [-0.4, -0.2) is 23.6 Å². The zero-order chi connectivity index (χ0) is 16.2. The van der Waals surface area contributed by atoms with Crippen molar-refractivity contribution in [1.82, 2.24) is 9.97 Å². The van der Waals surface area contributed by atoms with Gasteiger partial charge in [-0.3, -0.25) is 9.78 Å². The maximum Gasteiger partial charge on any atom is 0.270 e. The largest absolute Gasteiger partial charge is 0.497 e. The standard InChI is InChI=1S/C17H19N3O2S/c1-3-4-9-18-17-19-13-10-14(23-15(13)16(21)20-17)11-5-7-12(22-2)8-6-11/h5-8,10H,3-4,9H2,1-2H3,(H2,18,19,20,21). The molecule has 2 heterocycles. The highest BCUT2D eigenvalue weighted by Gasteiger charge is 2.10. The summed E-state index contributed by atoms with van der Waals surface area (Å²) in [6, 6.07) is 9.75. The van der Waals surface area contributed by atoms with E-state index in [0.717, 1.165) is 41.1 Å². The van der Waals surface area contributed by atoms with Crippen molar-refractivity contribution in [1.29, 1.82) is 0 Å². The fourth-order valence-corrected chi connectivity index (χ4v) is 3.30. The number of nitrogens with one attached hydrogen (secondary N) is 2. The molecule has 2 N–H and O–H groups in total. The lowest BCUT2D eigenvalue weighted by molar-refractivity contribution is 0.415. The molecule has 0 saturated heterocycles.